The Morgan fingerprint density at radius 1 is 1.37 bits per heavy atom. The van der Waals surface area contributed by atoms with Gasteiger partial charge in [-0.2, -0.15) is 4.37 Å². The van der Waals surface area contributed by atoms with Crippen LogP contribution in [0.4, 0.5) is 10.1 Å². The summed E-state index contributed by atoms with van der Waals surface area (Å²) >= 11 is 1.32. The summed E-state index contributed by atoms with van der Waals surface area (Å²) in [6.07, 6.45) is 6.32. The van der Waals surface area contributed by atoms with E-state index in [1.54, 1.807) is 6.20 Å². The van der Waals surface area contributed by atoms with Crippen LogP contribution in [0.5, 0.6) is 0 Å². The van der Waals surface area contributed by atoms with Crippen LogP contribution in [0.2, 0.25) is 0 Å². The van der Waals surface area contributed by atoms with E-state index in [4.69, 9.17) is 0 Å². The maximum Gasteiger partial charge on any atom is 0.230 e. The molecule has 4 fully saturated rings. The van der Waals surface area contributed by atoms with Crippen molar-refractivity contribution in [2.24, 2.45) is 17.3 Å². The number of halogens is 1. The number of carbonyl (C=O) groups is 1. The molecule has 5 rings (SSSR count). The number of rotatable bonds is 2. The van der Waals surface area contributed by atoms with E-state index in [1.807, 2.05) is 5.38 Å². The summed E-state index contributed by atoms with van der Waals surface area (Å²) < 4.78 is 18.8. The minimum atomic E-state index is -1.08. The molecular weight excluding hydrogens is 263 g/mol. The fourth-order valence-corrected chi connectivity index (χ4v) is 5.42. The van der Waals surface area contributed by atoms with E-state index < -0.39 is 11.1 Å². The van der Waals surface area contributed by atoms with Crippen molar-refractivity contribution in [3.63, 3.8) is 0 Å². The fourth-order valence-electron chi connectivity index (χ4n) is 4.95. The summed E-state index contributed by atoms with van der Waals surface area (Å²) in [6.45, 7) is 0. The molecule has 1 aromatic heterocycles. The molecule has 0 spiro atoms. The maximum atomic E-state index is 14.8. The number of hydrogen-bond donors (Lipinski definition) is 1. The molecule has 1 amide bonds. The van der Waals surface area contributed by atoms with Crippen LogP contribution in [-0.2, 0) is 4.79 Å². The van der Waals surface area contributed by atoms with Crippen molar-refractivity contribution in [1.29, 1.82) is 0 Å². The molecule has 2 unspecified atom stereocenters. The van der Waals surface area contributed by atoms with E-state index in [-0.39, 0.29) is 5.91 Å². The zero-order valence-electron chi connectivity index (χ0n) is 10.7. The number of carbonyl (C=O) groups excluding carboxylic acids is 1. The Kier molecular flexibility index (Phi) is 2.35. The highest BCUT2D eigenvalue weighted by Gasteiger charge is 2.61. The largest absolute Gasteiger partial charge is 0.324 e. The summed E-state index contributed by atoms with van der Waals surface area (Å²) in [7, 11) is 0. The topological polar surface area (TPSA) is 42.0 Å². The average molecular weight is 280 g/mol. The van der Waals surface area contributed by atoms with Gasteiger partial charge in [-0.3, -0.25) is 4.79 Å². The standard InChI is InChI=1S/C14H17FN2OS/c15-14-4-9-1-10(5-14)3-13(2-9,8-14)12(18)17-11-6-16-19-7-11/h6-7,9-10H,1-5,8H2,(H,17,18). The second-order valence-corrected chi connectivity index (χ2v) is 7.42. The number of nitrogens with one attached hydrogen (secondary N) is 1. The highest BCUT2D eigenvalue weighted by molar-refractivity contribution is 7.04. The quantitative estimate of drug-likeness (QED) is 0.902. The van der Waals surface area contributed by atoms with Crippen LogP contribution in [0.3, 0.4) is 0 Å². The molecule has 5 heteroatoms. The molecule has 1 heterocycles. The van der Waals surface area contributed by atoms with Gasteiger partial charge < -0.3 is 5.32 Å². The van der Waals surface area contributed by atoms with Gasteiger partial charge >= 0.3 is 0 Å². The molecule has 4 bridgehead atoms. The van der Waals surface area contributed by atoms with Gasteiger partial charge in [0.2, 0.25) is 5.91 Å². The predicted octanol–water partition coefficient (Wildman–Crippen LogP) is 3.39. The van der Waals surface area contributed by atoms with Crippen molar-refractivity contribution in [3.05, 3.63) is 11.6 Å². The second kappa shape index (κ2) is 3.78. The van der Waals surface area contributed by atoms with Gasteiger partial charge in [0.15, 0.2) is 0 Å². The van der Waals surface area contributed by atoms with Gasteiger partial charge in [-0.15, -0.1) is 0 Å². The normalized spacial score (nSPS) is 43.4. The maximum absolute atomic E-state index is 14.8. The minimum Gasteiger partial charge on any atom is -0.324 e. The van der Waals surface area contributed by atoms with Gasteiger partial charge in [-0.25, -0.2) is 4.39 Å². The zero-order valence-corrected chi connectivity index (χ0v) is 11.5. The molecule has 1 aromatic rings. The van der Waals surface area contributed by atoms with Crippen molar-refractivity contribution in [2.45, 2.75) is 44.2 Å². The zero-order chi connectivity index (χ0) is 13.1. The third-order valence-corrected chi connectivity index (χ3v) is 5.75. The van der Waals surface area contributed by atoms with Crippen LogP contribution >= 0.6 is 11.5 Å². The van der Waals surface area contributed by atoms with E-state index in [1.165, 1.54) is 11.5 Å². The molecule has 19 heavy (non-hydrogen) atoms. The summed E-state index contributed by atoms with van der Waals surface area (Å²) in [4.78, 5) is 12.6. The summed E-state index contributed by atoms with van der Waals surface area (Å²) in [5.41, 5.74) is -0.784. The van der Waals surface area contributed by atoms with Gasteiger partial charge in [-0.05, 0) is 61.9 Å². The molecular formula is C14H17FN2OS. The summed E-state index contributed by atoms with van der Waals surface area (Å²) in [5.74, 6) is 0.846. The highest BCUT2D eigenvalue weighted by Crippen LogP contribution is 2.63. The first-order valence-electron chi connectivity index (χ1n) is 6.97. The predicted molar refractivity (Wildman–Crippen MR) is 71.7 cm³/mol. The Morgan fingerprint density at radius 3 is 2.68 bits per heavy atom. The lowest BCUT2D eigenvalue weighted by atomic mass is 9.48. The van der Waals surface area contributed by atoms with Gasteiger partial charge in [0.1, 0.15) is 5.67 Å². The molecule has 0 aliphatic heterocycles. The van der Waals surface area contributed by atoms with E-state index in [0.29, 0.717) is 31.1 Å². The molecule has 0 aromatic carbocycles. The molecule has 4 aliphatic carbocycles. The van der Waals surface area contributed by atoms with Gasteiger partial charge in [-0.1, -0.05) is 0 Å². The van der Waals surface area contributed by atoms with E-state index in [9.17, 15) is 9.18 Å². The Bertz CT molecular complexity index is 502. The molecule has 102 valence electrons. The number of nitrogens with zero attached hydrogens (tertiary/aromatic N) is 1. The summed E-state index contributed by atoms with van der Waals surface area (Å²) in [5, 5.41) is 4.76. The second-order valence-electron chi connectivity index (χ2n) is 6.76. The molecule has 4 saturated carbocycles. The van der Waals surface area contributed by atoms with Gasteiger partial charge in [0.05, 0.1) is 17.3 Å². The number of aromatic nitrogens is 1. The molecule has 4 aliphatic rings. The van der Waals surface area contributed by atoms with Gasteiger partial charge in [0.25, 0.3) is 0 Å². The van der Waals surface area contributed by atoms with Crippen molar-refractivity contribution < 1.29 is 9.18 Å². The third kappa shape index (κ3) is 1.82. The van der Waals surface area contributed by atoms with E-state index >= 15 is 0 Å². The van der Waals surface area contributed by atoms with Gasteiger partial charge in [0, 0.05) is 5.38 Å². The first-order valence-corrected chi connectivity index (χ1v) is 7.80. The van der Waals surface area contributed by atoms with E-state index in [0.717, 1.165) is 24.9 Å². The van der Waals surface area contributed by atoms with Crippen LogP contribution in [-0.4, -0.2) is 15.9 Å². The van der Waals surface area contributed by atoms with E-state index in [2.05, 4.69) is 9.69 Å². The summed E-state index contributed by atoms with van der Waals surface area (Å²) in [6, 6.07) is 0. The third-order valence-electron chi connectivity index (χ3n) is 5.16. The van der Waals surface area contributed by atoms with Crippen molar-refractivity contribution >= 4 is 23.1 Å². The lowest BCUT2D eigenvalue weighted by Gasteiger charge is -2.58. The minimum absolute atomic E-state index is 0.0174. The first kappa shape index (κ1) is 11.8. The average Bonchev–Trinajstić information content (AvgIpc) is 2.78. The van der Waals surface area contributed by atoms with Crippen LogP contribution in [0, 0.1) is 17.3 Å². The molecule has 0 saturated heterocycles. The Morgan fingerprint density at radius 2 is 2.11 bits per heavy atom. The monoisotopic (exact) mass is 280 g/mol. The molecule has 2 atom stereocenters. The Labute approximate surface area is 115 Å². The highest BCUT2D eigenvalue weighted by atomic mass is 32.1. The number of anilines is 1. The van der Waals surface area contributed by atoms with Crippen molar-refractivity contribution in [1.82, 2.24) is 4.37 Å². The Balaban J connectivity index is 1.61. The number of amides is 1. The van der Waals surface area contributed by atoms with Crippen LogP contribution in [0.25, 0.3) is 0 Å². The Hall–Kier alpha value is -0.970. The SMILES string of the molecule is O=C(Nc1cnsc1)C12CC3CC(CC(F)(C3)C1)C2. The molecule has 3 nitrogen and oxygen atoms in total. The molecule has 0 radical (unpaired) electrons. The van der Waals surface area contributed by atoms with Crippen LogP contribution in [0.15, 0.2) is 11.6 Å². The van der Waals surface area contributed by atoms with Crippen LogP contribution in [0.1, 0.15) is 38.5 Å². The molecule has 1 N–H and O–H groups in total. The number of hydrogen-bond acceptors (Lipinski definition) is 3. The smallest absolute Gasteiger partial charge is 0.230 e. The first-order chi connectivity index (χ1) is 9.07. The number of alkyl halides is 1. The lowest BCUT2D eigenvalue weighted by molar-refractivity contribution is -0.155. The van der Waals surface area contributed by atoms with Crippen molar-refractivity contribution in [2.75, 3.05) is 5.32 Å². The van der Waals surface area contributed by atoms with Crippen molar-refractivity contribution in [3.8, 4) is 0 Å². The fraction of sp³-hybridized carbons (Fsp3) is 0.714. The van der Waals surface area contributed by atoms with Crippen LogP contribution < -0.4 is 5.32 Å². The lowest BCUT2D eigenvalue weighted by Crippen LogP contribution is -2.57.